The molecule has 1 aliphatic heterocycles. The van der Waals surface area contributed by atoms with Crippen LogP contribution in [0.2, 0.25) is 0 Å². The number of nitrogens with zero attached hydrogens (tertiary/aromatic N) is 1. The molecule has 1 heterocycles. The zero-order chi connectivity index (χ0) is 6.53. The molecule has 1 aliphatic rings. The highest BCUT2D eigenvalue weighted by atomic mass is 16.3. The average Bonchev–Trinajstić information content (AvgIpc) is 1.91. The Kier molecular flexibility index (Phi) is 2.97. The van der Waals surface area contributed by atoms with Crippen LogP contribution in [0.1, 0.15) is 6.42 Å². The summed E-state index contributed by atoms with van der Waals surface area (Å²) in [6, 6.07) is 0.365. The maximum Gasteiger partial charge on any atom is 0.0446 e. The molecule has 1 radical (unpaired) electrons. The van der Waals surface area contributed by atoms with Crippen LogP contribution in [0.15, 0.2) is 0 Å². The predicted octanol–water partition coefficient (Wildman–Crippen LogP) is -1.05. The van der Waals surface area contributed by atoms with Gasteiger partial charge >= 0.3 is 0 Å². The first-order chi connectivity index (χ1) is 4.43. The number of aliphatic hydroxyl groups is 1. The van der Waals surface area contributed by atoms with Gasteiger partial charge in [0.2, 0.25) is 0 Å². The monoisotopic (exact) mass is 129 g/mol. The fourth-order valence-electron chi connectivity index (χ4n) is 1.00. The molecule has 0 aromatic carbocycles. The van der Waals surface area contributed by atoms with Crippen molar-refractivity contribution in [3.8, 4) is 0 Å². The lowest BCUT2D eigenvalue weighted by Gasteiger charge is -2.21. The van der Waals surface area contributed by atoms with Crippen LogP contribution in [0.4, 0.5) is 0 Å². The molecule has 0 bridgehead atoms. The van der Waals surface area contributed by atoms with Gasteiger partial charge in [0, 0.05) is 32.3 Å². The summed E-state index contributed by atoms with van der Waals surface area (Å²) in [5.41, 5.74) is 0. The third kappa shape index (κ3) is 2.30. The van der Waals surface area contributed by atoms with E-state index in [9.17, 15) is 0 Å². The van der Waals surface area contributed by atoms with Crippen LogP contribution in [0.5, 0.6) is 0 Å². The van der Waals surface area contributed by atoms with Gasteiger partial charge in [0.1, 0.15) is 0 Å². The van der Waals surface area contributed by atoms with Crippen molar-refractivity contribution in [2.45, 2.75) is 12.5 Å². The van der Waals surface area contributed by atoms with E-state index in [1.165, 1.54) is 0 Å². The predicted molar refractivity (Wildman–Crippen MR) is 35.4 cm³/mol. The molecule has 1 rings (SSSR count). The van der Waals surface area contributed by atoms with Gasteiger partial charge in [0.05, 0.1) is 0 Å². The zero-order valence-electron chi connectivity index (χ0n) is 5.51. The highest BCUT2D eigenvalue weighted by Gasteiger charge is 2.11. The minimum absolute atomic E-state index is 0.260. The second-order valence-electron chi connectivity index (χ2n) is 2.28. The summed E-state index contributed by atoms with van der Waals surface area (Å²) >= 11 is 0. The van der Waals surface area contributed by atoms with E-state index in [1.54, 1.807) is 0 Å². The molecular weight excluding hydrogens is 116 g/mol. The van der Waals surface area contributed by atoms with Gasteiger partial charge in [-0.1, -0.05) is 0 Å². The van der Waals surface area contributed by atoms with Crippen molar-refractivity contribution in [2.24, 2.45) is 0 Å². The van der Waals surface area contributed by atoms with Crippen LogP contribution in [0.25, 0.3) is 0 Å². The minimum Gasteiger partial charge on any atom is -0.396 e. The first kappa shape index (κ1) is 6.99. The molecule has 0 saturated carbocycles. The lowest BCUT2D eigenvalue weighted by Crippen LogP contribution is -2.44. The maximum absolute atomic E-state index is 8.53. The molecule has 1 unspecified atom stereocenters. The van der Waals surface area contributed by atoms with Crippen molar-refractivity contribution in [2.75, 3.05) is 26.2 Å². The van der Waals surface area contributed by atoms with E-state index in [-0.39, 0.29) is 6.61 Å². The van der Waals surface area contributed by atoms with Crippen molar-refractivity contribution < 1.29 is 5.11 Å². The molecule has 1 saturated heterocycles. The molecule has 2 N–H and O–H groups in total. The molecule has 1 fully saturated rings. The van der Waals surface area contributed by atoms with Crippen LogP contribution in [-0.4, -0.2) is 37.4 Å². The van der Waals surface area contributed by atoms with E-state index in [2.05, 4.69) is 10.6 Å². The number of hydrogen-bond acceptors (Lipinski definition) is 2. The van der Waals surface area contributed by atoms with Crippen molar-refractivity contribution in [3.05, 3.63) is 0 Å². The van der Waals surface area contributed by atoms with Crippen LogP contribution in [0.3, 0.4) is 0 Å². The minimum atomic E-state index is 0.260. The smallest absolute Gasteiger partial charge is 0.0446 e. The van der Waals surface area contributed by atoms with Gasteiger partial charge in [-0.05, 0) is 6.42 Å². The Labute approximate surface area is 55.5 Å². The molecule has 3 nitrogen and oxygen atoms in total. The van der Waals surface area contributed by atoms with Gasteiger partial charge in [-0.2, -0.15) is 0 Å². The number of rotatable bonds is 2. The van der Waals surface area contributed by atoms with Gasteiger partial charge in [0.15, 0.2) is 0 Å². The summed E-state index contributed by atoms with van der Waals surface area (Å²) in [4.78, 5) is 0. The third-order valence-corrected chi connectivity index (χ3v) is 1.52. The lowest BCUT2D eigenvalue weighted by atomic mass is 10.2. The van der Waals surface area contributed by atoms with Crippen molar-refractivity contribution in [1.29, 1.82) is 0 Å². The van der Waals surface area contributed by atoms with E-state index in [4.69, 9.17) is 5.11 Å². The molecule has 0 amide bonds. The molecule has 3 heteroatoms. The summed E-state index contributed by atoms with van der Waals surface area (Å²) in [7, 11) is 0. The lowest BCUT2D eigenvalue weighted by molar-refractivity contribution is 0.253. The second-order valence-corrected chi connectivity index (χ2v) is 2.28. The highest BCUT2D eigenvalue weighted by Crippen LogP contribution is 1.93. The molecule has 0 aromatic heterocycles. The van der Waals surface area contributed by atoms with E-state index in [0.29, 0.717) is 6.04 Å². The number of nitrogens with one attached hydrogen (secondary N) is 1. The van der Waals surface area contributed by atoms with Crippen LogP contribution < -0.4 is 10.6 Å². The molecule has 0 aromatic rings. The second kappa shape index (κ2) is 3.82. The summed E-state index contributed by atoms with van der Waals surface area (Å²) in [5, 5.41) is 16.0. The van der Waals surface area contributed by atoms with E-state index >= 15 is 0 Å². The molecule has 1 atom stereocenters. The Balaban J connectivity index is 2.08. The Morgan fingerprint density at radius 1 is 1.67 bits per heavy atom. The van der Waals surface area contributed by atoms with Crippen molar-refractivity contribution in [3.63, 3.8) is 0 Å². The van der Waals surface area contributed by atoms with Crippen molar-refractivity contribution in [1.82, 2.24) is 10.6 Å². The standard InChI is InChI=1S/C6H13N2O/c9-4-1-6-5-7-2-3-8-6/h6-7,9H,1-5H2. The van der Waals surface area contributed by atoms with Gasteiger partial charge in [-0.25, -0.2) is 5.32 Å². The Morgan fingerprint density at radius 2 is 2.56 bits per heavy atom. The first-order valence-corrected chi connectivity index (χ1v) is 3.41. The topological polar surface area (TPSA) is 46.4 Å². The van der Waals surface area contributed by atoms with E-state index in [1.807, 2.05) is 0 Å². The van der Waals surface area contributed by atoms with Gasteiger partial charge in [0.25, 0.3) is 0 Å². The summed E-state index contributed by atoms with van der Waals surface area (Å²) in [6.07, 6.45) is 0.813. The number of piperazine rings is 1. The fraction of sp³-hybridized carbons (Fsp3) is 1.00. The fourth-order valence-corrected chi connectivity index (χ4v) is 1.00. The van der Waals surface area contributed by atoms with E-state index < -0.39 is 0 Å². The maximum atomic E-state index is 8.53. The third-order valence-electron chi connectivity index (χ3n) is 1.52. The molecular formula is C6H13N2O. The highest BCUT2D eigenvalue weighted by molar-refractivity contribution is 4.73. The molecule has 0 spiro atoms. The van der Waals surface area contributed by atoms with Crippen molar-refractivity contribution >= 4 is 0 Å². The zero-order valence-corrected chi connectivity index (χ0v) is 5.51. The van der Waals surface area contributed by atoms with Gasteiger partial charge < -0.3 is 10.4 Å². The number of hydrogen-bond donors (Lipinski definition) is 2. The van der Waals surface area contributed by atoms with Crippen LogP contribution in [-0.2, 0) is 0 Å². The van der Waals surface area contributed by atoms with E-state index in [0.717, 1.165) is 26.1 Å². The summed E-state index contributed by atoms with van der Waals surface area (Å²) in [6.45, 7) is 3.11. The number of aliphatic hydroxyl groups excluding tert-OH is 1. The first-order valence-electron chi connectivity index (χ1n) is 3.41. The average molecular weight is 129 g/mol. The summed E-state index contributed by atoms with van der Waals surface area (Å²) < 4.78 is 0. The Hall–Kier alpha value is -0.120. The molecule has 0 aliphatic carbocycles. The van der Waals surface area contributed by atoms with Gasteiger partial charge in [-0.15, -0.1) is 0 Å². The Morgan fingerprint density at radius 3 is 3.11 bits per heavy atom. The largest absolute Gasteiger partial charge is 0.396 e. The molecule has 9 heavy (non-hydrogen) atoms. The summed E-state index contributed by atoms with van der Waals surface area (Å²) in [5.74, 6) is 0. The van der Waals surface area contributed by atoms with Crippen LogP contribution in [0, 0.1) is 0 Å². The SMILES string of the molecule is OCCC1CNCC[N]1. The quantitative estimate of drug-likeness (QED) is 0.499. The molecule has 53 valence electrons. The van der Waals surface area contributed by atoms with Gasteiger partial charge in [-0.3, -0.25) is 0 Å². The van der Waals surface area contributed by atoms with Crippen LogP contribution >= 0.6 is 0 Å². The normalized spacial score (nSPS) is 28.3. The Bertz CT molecular complexity index is 68.7.